The number of aryl methyl sites for hydroxylation is 1. The minimum Gasteiger partial charge on any atom is -0.444 e. The van der Waals surface area contributed by atoms with Gasteiger partial charge in [-0.2, -0.15) is 0 Å². The molecule has 7 heteroatoms. The van der Waals surface area contributed by atoms with Crippen molar-refractivity contribution in [2.24, 2.45) is 7.05 Å². The molecule has 0 spiro atoms. The molecule has 0 radical (unpaired) electrons. The number of fused-ring (bicyclic) bond motifs is 1. The van der Waals surface area contributed by atoms with Crippen molar-refractivity contribution in [3.63, 3.8) is 0 Å². The van der Waals surface area contributed by atoms with Gasteiger partial charge in [0.25, 0.3) is 0 Å². The molecule has 0 aliphatic carbocycles. The number of carbonyl (C=O) groups excluding carboxylic acids is 2. The predicted octanol–water partition coefficient (Wildman–Crippen LogP) is 6.07. The molecule has 2 aromatic carbocycles. The molecule has 1 amide bonds. The minimum absolute atomic E-state index is 0.0480. The number of ether oxygens (including phenoxy) is 1. The smallest absolute Gasteiger partial charge is 0.412 e. The third kappa shape index (κ3) is 4.89. The summed E-state index contributed by atoms with van der Waals surface area (Å²) >= 11 is 1.62. The molecule has 0 unspecified atom stereocenters. The summed E-state index contributed by atoms with van der Waals surface area (Å²) < 4.78 is 7.31. The average Bonchev–Trinajstić information content (AvgIpc) is 3.38. The summed E-state index contributed by atoms with van der Waals surface area (Å²) in [4.78, 5) is 31.0. The maximum absolute atomic E-state index is 13.2. The standard InChI is InChI=1S/C25H25N3O3S/c1-25(2,3)31-24(30)27-19-9-7-17(23-6-5-11-32-23)12-18(19)14-22(29)16-8-10-21-20(13-16)26-15-28(21)4/h5-13,15H,14H2,1-4H3,(H,27,30). The Bertz CT molecular complexity index is 1280. The molecule has 0 aliphatic heterocycles. The number of hydrogen-bond donors (Lipinski definition) is 1. The summed E-state index contributed by atoms with van der Waals surface area (Å²) in [5.41, 5.74) is 4.00. The van der Waals surface area contributed by atoms with Crippen molar-refractivity contribution in [3.8, 4) is 10.4 Å². The third-order valence-corrected chi connectivity index (χ3v) is 5.86. The van der Waals surface area contributed by atoms with Crippen LogP contribution in [0.2, 0.25) is 0 Å². The molecule has 0 saturated carbocycles. The number of anilines is 1. The molecule has 0 fully saturated rings. The maximum atomic E-state index is 13.2. The van der Waals surface area contributed by atoms with Gasteiger partial charge in [-0.3, -0.25) is 10.1 Å². The number of hydrogen-bond acceptors (Lipinski definition) is 5. The maximum Gasteiger partial charge on any atom is 0.412 e. The Balaban J connectivity index is 1.64. The van der Waals surface area contributed by atoms with Crippen LogP contribution in [0.25, 0.3) is 21.5 Å². The van der Waals surface area contributed by atoms with Crippen LogP contribution in [0.15, 0.2) is 60.2 Å². The predicted molar refractivity (Wildman–Crippen MR) is 128 cm³/mol. The second kappa shape index (κ2) is 8.59. The van der Waals surface area contributed by atoms with Gasteiger partial charge in [0.2, 0.25) is 0 Å². The second-order valence-electron chi connectivity index (χ2n) is 8.64. The van der Waals surface area contributed by atoms with Crippen LogP contribution >= 0.6 is 11.3 Å². The van der Waals surface area contributed by atoms with Gasteiger partial charge in [-0.25, -0.2) is 9.78 Å². The van der Waals surface area contributed by atoms with Crippen LogP contribution in [0.4, 0.5) is 10.5 Å². The lowest BCUT2D eigenvalue weighted by molar-refractivity contribution is 0.0635. The number of benzene rings is 2. The van der Waals surface area contributed by atoms with Crippen molar-refractivity contribution in [2.75, 3.05) is 5.32 Å². The molecular formula is C25H25N3O3S. The molecule has 32 heavy (non-hydrogen) atoms. The molecule has 0 aliphatic rings. The van der Waals surface area contributed by atoms with Crippen molar-refractivity contribution in [1.29, 1.82) is 0 Å². The van der Waals surface area contributed by atoms with Crippen LogP contribution in [0.1, 0.15) is 36.7 Å². The van der Waals surface area contributed by atoms with Crippen molar-refractivity contribution in [1.82, 2.24) is 9.55 Å². The van der Waals surface area contributed by atoms with Crippen molar-refractivity contribution in [2.45, 2.75) is 32.8 Å². The third-order valence-electron chi connectivity index (χ3n) is 4.94. The van der Waals surface area contributed by atoms with E-state index < -0.39 is 11.7 Å². The molecule has 2 aromatic heterocycles. The van der Waals surface area contributed by atoms with Crippen LogP contribution in [-0.2, 0) is 18.2 Å². The molecule has 164 valence electrons. The lowest BCUT2D eigenvalue weighted by Crippen LogP contribution is -2.27. The molecule has 0 bridgehead atoms. The Morgan fingerprint density at radius 1 is 1.12 bits per heavy atom. The van der Waals surface area contributed by atoms with Crippen LogP contribution in [0.3, 0.4) is 0 Å². The monoisotopic (exact) mass is 447 g/mol. The van der Waals surface area contributed by atoms with Crippen LogP contribution in [0, 0.1) is 0 Å². The van der Waals surface area contributed by atoms with Gasteiger partial charge in [-0.1, -0.05) is 12.1 Å². The molecule has 1 N–H and O–H groups in total. The highest BCUT2D eigenvalue weighted by atomic mass is 32.1. The number of thiophene rings is 1. The molecule has 0 atom stereocenters. The topological polar surface area (TPSA) is 73.2 Å². The zero-order chi connectivity index (χ0) is 22.9. The quantitative estimate of drug-likeness (QED) is 0.377. The Kier molecular flexibility index (Phi) is 5.84. The number of amides is 1. The zero-order valence-corrected chi connectivity index (χ0v) is 19.3. The summed E-state index contributed by atoms with van der Waals surface area (Å²) in [6.45, 7) is 5.43. The number of nitrogens with zero attached hydrogens (tertiary/aromatic N) is 2. The first kappa shape index (κ1) is 21.8. The fourth-order valence-corrected chi connectivity index (χ4v) is 4.18. The molecule has 4 aromatic rings. The van der Waals surface area contributed by atoms with Crippen LogP contribution in [-0.4, -0.2) is 27.0 Å². The van der Waals surface area contributed by atoms with Gasteiger partial charge >= 0.3 is 6.09 Å². The van der Waals surface area contributed by atoms with Gasteiger partial charge in [-0.05, 0) is 73.7 Å². The first-order valence-electron chi connectivity index (χ1n) is 10.3. The van der Waals surface area contributed by atoms with E-state index in [0.29, 0.717) is 11.3 Å². The fraction of sp³-hybridized carbons (Fsp3) is 0.240. The van der Waals surface area contributed by atoms with Gasteiger partial charge in [0, 0.05) is 29.6 Å². The van der Waals surface area contributed by atoms with E-state index >= 15 is 0 Å². The Morgan fingerprint density at radius 3 is 2.66 bits per heavy atom. The average molecular weight is 448 g/mol. The van der Waals surface area contributed by atoms with E-state index in [1.165, 1.54) is 0 Å². The highest BCUT2D eigenvalue weighted by Gasteiger charge is 2.19. The van der Waals surface area contributed by atoms with Gasteiger partial charge in [-0.15, -0.1) is 11.3 Å². The lowest BCUT2D eigenvalue weighted by atomic mass is 9.99. The minimum atomic E-state index is -0.616. The number of imidazole rings is 1. The van der Waals surface area contributed by atoms with Gasteiger partial charge < -0.3 is 9.30 Å². The largest absolute Gasteiger partial charge is 0.444 e. The van der Waals surface area contributed by atoms with E-state index in [9.17, 15) is 9.59 Å². The van der Waals surface area contributed by atoms with E-state index in [2.05, 4.69) is 10.3 Å². The molecule has 4 rings (SSSR count). The number of ketones is 1. The van der Waals surface area contributed by atoms with Crippen molar-refractivity contribution in [3.05, 3.63) is 71.4 Å². The number of aromatic nitrogens is 2. The number of Topliss-reactive ketones (excluding diaryl/α,β-unsaturated/α-hetero) is 1. The summed E-state index contributed by atoms with van der Waals surface area (Å²) in [5, 5.41) is 4.81. The second-order valence-corrected chi connectivity index (χ2v) is 9.58. The fourth-order valence-electron chi connectivity index (χ4n) is 3.46. The summed E-state index contributed by atoms with van der Waals surface area (Å²) in [5.74, 6) is -0.0480. The molecule has 0 saturated heterocycles. The number of nitrogens with one attached hydrogen (secondary N) is 1. The van der Waals surface area contributed by atoms with E-state index in [0.717, 1.165) is 27.0 Å². The number of carbonyl (C=O) groups is 2. The lowest BCUT2D eigenvalue weighted by Gasteiger charge is -2.20. The molecular weight excluding hydrogens is 422 g/mol. The van der Waals surface area contributed by atoms with Gasteiger partial charge in [0.15, 0.2) is 5.78 Å². The van der Waals surface area contributed by atoms with Crippen molar-refractivity contribution >= 4 is 39.9 Å². The summed E-state index contributed by atoms with van der Waals surface area (Å²) in [7, 11) is 1.92. The normalized spacial score (nSPS) is 11.5. The highest BCUT2D eigenvalue weighted by molar-refractivity contribution is 7.13. The Labute approximate surface area is 190 Å². The molecule has 2 heterocycles. The van der Waals surface area contributed by atoms with Crippen LogP contribution in [0.5, 0.6) is 0 Å². The zero-order valence-electron chi connectivity index (χ0n) is 18.5. The van der Waals surface area contributed by atoms with E-state index in [1.54, 1.807) is 17.7 Å². The first-order chi connectivity index (χ1) is 15.2. The van der Waals surface area contributed by atoms with Gasteiger partial charge in [0.1, 0.15) is 5.60 Å². The highest BCUT2D eigenvalue weighted by Crippen LogP contribution is 2.30. The molecule has 6 nitrogen and oxygen atoms in total. The van der Waals surface area contributed by atoms with Gasteiger partial charge in [0.05, 0.1) is 17.4 Å². The van der Waals surface area contributed by atoms with E-state index in [1.807, 2.05) is 86.3 Å². The van der Waals surface area contributed by atoms with E-state index in [-0.39, 0.29) is 12.2 Å². The van der Waals surface area contributed by atoms with Crippen LogP contribution < -0.4 is 5.32 Å². The Morgan fingerprint density at radius 2 is 1.94 bits per heavy atom. The summed E-state index contributed by atoms with van der Waals surface area (Å²) in [6.07, 6.45) is 1.32. The Hall–Kier alpha value is -3.45. The SMILES string of the molecule is Cn1cnc2cc(C(=O)Cc3cc(-c4cccs4)ccc3NC(=O)OC(C)(C)C)ccc21. The van der Waals surface area contributed by atoms with Crippen molar-refractivity contribution < 1.29 is 14.3 Å². The van der Waals surface area contributed by atoms with E-state index in [4.69, 9.17) is 4.74 Å². The first-order valence-corrected chi connectivity index (χ1v) is 11.2. The number of rotatable bonds is 5. The summed E-state index contributed by atoms with van der Waals surface area (Å²) in [6, 6.07) is 15.3.